The van der Waals surface area contributed by atoms with Gasteiger partial charge in [-0.15, -0.1) is 0 Å². The molecule has 0 aromatic carbocycles. The van der Waals surface area contributed by atoms with Crippen LogP contribution in [0.25, 0.3) is 0 Å². The number of furan rings is 1. The van der Waals surface area contributed by atoms with Crippen molar-refractivity contribution in [3.63, 3.8) is 0 Å². The highest BCUT2D eigenvalue weighted by molar-refractivity contribution is 6.03. The molecule has 23 heavy (non-hydrogen) atoms. The zero-order valence-electron chi connectivity index (χ0n) is 13.8. The first kappa shape index (κ1) is 16.2. The number of rotatable bonds is 4. The van der Waals surface area contributed by atoms with Crippen LogP contribution in [0.3, 0.4) is 0 Å². The van der Waals surface area contributed by atoms with Gasteiger partial charge in [0.05, 0.1) is 5.56 Å². The molecule has 1 saturated carbocycles. The van der Waals surface area contributed by atoms with Crippen LogP contribution in [0.5, 0.6) is 0 Å². The molecule has 2 aliphatic carbocycles. The molecular weight excluding hydrogens is 292 g/mol. The van der Waals surface area contributed by atoms with Crippen LogP contribution < -0.4 is 11.1 Å². The van der Waals surface area contributed by atoms with E-state index in [1.807, 2.05) is 0 Å². The SMILES string of the molecule is Cc1c(C(=O)NC(CN)C2CCCCC2)oc2c1C(=O)CCC2. The summed E-state index contributed by atoms with van der Waals surface area (Å²) in [6.45, 7) is 2.24. The molecule has 3 rings (SSSR count). The molecule has 0 spiro atoms. The van der Waals surface area contributed by atoms with Gasteiger partial charge in [0.25, 0.3) is 5.91 Å². The molecule has 1 fully saturated rings. The van der Waals surface area contributed by atoms with Crippen LogP contribution in [-0.4, -0.2) is 24.3 Å². The number of hydrogen-bond donors (Lipinski definition) is 2. The van der Waals surface area contributed by atoms with E-state index in [2.05, 4.69) is 5.32 Å². The van der Waals surface area contributed by atoms with Crippen LogP contribution >= 0.6 is 0 Å². The number of Topliss-reactive ketones (excluding diaryl/α,β-unsaturated/α-hetero) is 1. The third kappa shape index (κ3) is 3.20. The van der Waals surface area contributed by atoms with Crippen LogP contribution in [0.4, 0.5) is 0 Å². The summed E-state index contributed by atoms with van der Waals surface area (Å²) in [4.78, 5) is 24.7. The predicted octanol–water partition coefficient (Wildman–Crippen LogP) is 2.74. The van der Waals surface area contributed by atoms with Crippen LogP contribution in [0, 0.1) is 12.8 Å². The number of hydrogen-bond acceptors (Lipinski definition) is 4. The van der Waals surface area contributed by atoms with Crippen molar-refractivity contribution < 1.29 is 14.0 Å². The lowest BCUT2D eigenvalue weighted by Gasteiger charge is -2.29. The minimum absolute atomic E-state index is 0.0139. The molecule has 1 unspecified atom stereocenters. The Labute approximate surface area is 137 Å². The van der Waals surface area contributed by atoms with Gasteiger partial charge >= 0.3 is 0 Å². The molecule has 1 heterocycles. The summed E-state index contributed by atoms with van der Waals surface area (Å²) in [5.74, 6) is 1.27. The lowest BCUT2D eigenvalue weighted by atomic mass is 9.84. The van der Waals surface area contributed by atoms with Crippen molar-refractivity contribution in [2.75, 3.05) is 6.54 Å². The van der Waals surface area contributed by atoms with E-state index in [0.29, 0.717) is 41.5 Å². The van der Waals surface area contributed by atoms with Crippen molar-refractivity contribution >= 4 is 11.7 Å². The Kier molecular flexibility index (Phi) is 4.85. The summed E-state index contributed by atoms with van der Waals surface area (Å²) in [6, 6.07) is -0.0139. The topological polar surface area (TPSA) is 85.3 Å². The van der Waals surface area contributed by atoms with Gasteiger partial charge in [-0.2, -0.15) is 0 Å². The Bertz CT molecular complexity index is 600. The molecule has 0 saturated heterocycles. The Morgan fingerprint density at radius 2 is 2.00 bits per heavy atom. The molecule has 3 N–H and O–H groups in total. The highest BCUT2D eigenvalue weighted by Gasteiger charge is 2.31. The molecule has 1 aromatic heterocycles. The van der Waals surface area contributed by atoms with E-state index >= 15 is 0 Å². The zero-order chi connectivity index (χ0) is 16.4. The van der Waals surface area contributed by atoms with Gasteiger partial charge in [0, 0.05) is 31.0 Å². The molecule has 1 aromatic rings. The molecule has 0 radical (unpaired) electrons. The smallest absolute Gasteiger partial charge is 0.287 e. The Balaban J connectivity index is 1.76. The normalized spacial score (nSPS) is 20.2. The van der Waals surface area contributed by atoms with E-state index in [4.69, 9.17) is 10.2 Å². The summed E-state index contributed by atoms with van der Waals surface area (Å²) >= 11 is 0. The minimum Gasteiger partial charge on any atom is -0.455 e. The summed E-state index contributed by atoms with van der Waals surface area (Å²) in [6.07, 6.45) is 8.00. The van der Waals surface area contributed by atoms with Gasteiger partial charge in [0.2, 0.25) is 0 Å². The van der Waals surface area contributed by atoms with Gasteiger partial charge < -0.3 is 15.5 Å². The highest BCUT2D eigenvalue weighted by atomic mass is 16.4. The number of fused-ring (bicyclic) bond motifs is 1. The van der Waals surface area contributed by atoms with E-state index in [1.54, 1.807) is 6.92 Å². The Morgan fingerprint density at radius 3 is 2.65 bits per heavy atom. The molecule has 1 amide bonds. The standard InChI is InChI=1S/C18H26N2O3/c1-11-16-14(21)8-5-9-15(16)23-17(11)18(22)20-13(10-19)12-6-3-2-4-7-12/h12-13H,2-10,19H2,1H3,(H,20,22). The number of nitrogens with two attached hydrogens (primary N) is 1. The maximum absolute atomic E-state index is 12.6. The van der Waals surface area contributed by atoms with Gasteiger partial charge in [0.15, 0.2) is 11.5 Å². The summed E-state index contributed by atoms with van der Waals surface area (Å²) in [7, 11) is 0. The van der Waals surface area contributed by atoms with Gasteiger partial charge in [0.1, 0.15) is 5.76 Å². The summed E-state index contributed by atoms with van der Waals surface area (Å²) in [5.41, 5.74) is 7.20. The molecule has 0 aliphatic heterocycles. The van der Waals surface area contributed by atoms with E-state index in [-0.39, 0.29) is 17.7 Å². The van der Waals surface area contributed by atoms with E-state index in [9.17, 15) is 9.59 Å². The van der Waals surface area contributed by atoms with Gasteiger partial charge in [-0.05, 0) is 32.1 Å². The highest BCUT2D eigenvalue weighted by Crippen LogP contribution is 2.30. The largest absolute Gasteiger partial charge is 0.455 e. The first-order valence-corrected chi connectivity index (χ1v) is 8.78. The summed E-state index contributed by atoms with van der Waals surface area (Å²) in [5, 5.41) is 3.05. The first-order chi connectivity index (χ1) is 11.1. The third-order valence-corrected chi connectivity index (χ3v) is 5.30. The lowest BCUT2D eigenvalue weighted by molar-refractivity contribution is 0.0882. The van der Waals surface area contributed by atoms with Gasteiger partial charge in [-0.1, -0.05) is 19.3 Å². The van der Waals surface area contributed by atoms with E-state index in [1.165, 1.54) is 19.3 Å². The summed E-state index contributed by atoms with van der Waals surface area (Å²) < 4.78 is 5.73. The molecule has 1 atom stereocenters. The number of carbonyl (C=O) groups is 2. The zero-order valence-corrected chi connectivity index (χ0v) is 13.8. The Morgan fingerprint density at radius 1 is 1.26 bits per heavy atom. The minimum atomic E-state index is -0.231. The lowest BCUT2D eigenvalue weighted by Crippen LogP contribution is -2.46. The van der Waals surface area contributed by atoms with E-state index < -0.39 is 0 Å². The van der Waals surface area contributed by atoms with Crippen molar-refractivity contribution in [3.05, 3.63) is 22.6 Å². The number of amides is 1. The molecule has 5 heteroatoms. The first-order valence-electron chi connectivity index (χ1n) is 8.78. The second-order valence-corrected chi connectivity index (χ2v) is 6.84. The van der Waals surface area contributed by atoms with Crippen LogP contribution in [0.2, 0.25) is 0 Å². The second kappa shape index (κ2) is 6.87. The van der Waals surface area contributed by atoms with Crippen LogP contribution in [0.1, 0.15) is 77.2 Å². The van der Waals surface area contributed by atoms with Crippen molar-refractivity contribution in [1.29, 1.82) is 0 Å². The maximum atomic E-state index is 12.6. The van der Waals surface area contributed by atoms with Crippen molar-refractivity contribution in [3.8, 4) is 0 Å². The second-order valence-electron chi connectivity index (χ2n) is 6.84. The quantitative estimate of drug-likeness (QED) is 0.894. The predicted molar refractivity (Wildman–Crippen MR) is 87.6 cm³/mol. The molecule has 2 aliphatic rings. The number of ketones is 1. The molecule has 5 nitrogen and oxygen atoms in total. The number of aryl methyl sites for hydroxylation is 1. The van der Waals surface area contributed by atoms with E-state index in [0.717, 1.165) is 25.7 Å². The average molecular weight is 318 g/mol. The fraction of sp³-hybridized carbons (Fsp3) is 0.667. The number of carbonyl (C=O) groups excluding carboxylic acids is 2. The third-order valence-electron chi connectivity index (χ3n) is 5.30. The van der Waals surface area contributed by atoms with Crippen molar-refractivity contribution in [2.24, 2.45) is 11.7 Å². The molecule has 0 bridgehead atoms. The van der Waals surface area contributed by atoms with Gasteiger partial charge in [-0.3, -0.25) is 9.59 Å². The average Bonchev–Trinajstić information content (AvgIpc) is 2.91. The van der Waals surface area contributed by atoms with Crippen LogP contribution in [0.15, 0.2) is 4.42 Å². The number of nitrogens with one attached hydrogen (secondary N) is 1. The van der Waals surface area contributed by atoms with Crippen molar-refractivity contribution in [2.45, 2.75) is 64.3 Å². The fourth-order valence-electron chi connectivity index (χ4n) is 4.00. The Hall–Kier alpha value is -1.62. The molecular formula is C18H26N2O3. The monoisotopic (exact) mass is 318 g/mol. The maximum Gasteiger partial charge on any atom is 0.287 e. The van der Waals surface area contributed by atoms with Crippen molar-refractivity contribution in [1.82, 2.24) is 5.32 Å². The van der Waals surface area contributed by atoms with Gasteiger partial charge in [-0.25, -0.2) is 0 Å². The fourth-order valence-corrected chi connectivity index (χ4v) is 4.00. The van der Waals surface area contributed by atoms with Crippen LogP contribution in [-0.2, 0) is 6.42 Å². The molecule has 126 valence electrons.